The van der Waals surface area contributed by atoms with Gasteiger partial charge in [-0.05, 0) is 19.3 Å². The molecule has 0 heterocycles. The lowest BCUT2D eigenvalue weighted by Gasteiger charge is -2.37. The summed E-state index contributed by atoms with van der Waals surface area (Å²) in [4.78, 5) is 35.0. The molecule has 0 bridgehead atoms. The van der Waals surface area contributed by atoms with E-state index in [9.17, 15) is 14.4 Å². The van der Waals surface area contributed by atoms with Gasteiger partial charge in [0.15, 0.2) is 0 Å². The van der Waals surface area contributed by atoms with Crippen molar-refractivity contribution in [1.82, 2.24) is 10.2 Å². The first kappa shape index (κ1) is 15.2. The fourth-order valence-electron chi connectivity index (χ4n) is 1.89. The number of carbonyl (C=O) groups is 3. The highest BCUT2D eigenvalue weighted by atomic mass is 16.4. The third-order valence-electron chi connectivity index (χ3n) is 3.12. The van der Waals surface area contributed by atoms with Gasteiger partial charge in [0.1, 0.15) is 6.04 Å². The zero-order chi connectivity index (χ0) is 14.4. The minimum Gasteiger partial charge on any atom is -0.480 e. The van der Waals surface area contributed by atoms with E-state index in [1.807, 2.05) is 0 Å². The Balaban J connectivity index is 2.61. The topological polar surface area (TPSA) is 133 Å². The lowest BCUT2D eigenvalue weighted by atomic mass is 9.91. The largest absolute Gasteiger partial charge is 0.480 e. The summed E-state index contributed by atoms with van der Waals surface area (Å²) in [5.41, 5.74) is 4.93. The molecule has 1 saturated carbocycles. The molecule has 1 aliphatic carbocycles. The van der Waals surface area contributed by atoms with Crippen LogP contribution in [0.5, 0.6) is 0 Å². The van der Waals surface area contributed by atoms with E-state index in [2.05, 4.69) is 5.32 Å². The Morgan fingerprint density at radius 2 is 2.00 bits per heavy atom. The minimum absolute atomic E-state index is 0.0233. The third kappa shape index (κ3) is 4.40. The molecule has 8 nitrogen and oxygen atoms in total. The SMILES string of the molecule is NC(=O)CC(NC(=O)N(CCO)C1CCC1)C(=O)O. The first-order chi connectivity index (χ1) is 8.95. The number of carbonyl (C=O) groups excluding carboxylic acids is 2. The summed E-state index contributed by atoms with van der Waals surface area (Å²) in [5.74, 6) is -2.12. The summed E-state index contributed by atoms with van der Waals surface area (Å²) >= 11 is 0. The van der Waals surface area contributed by atoms with Gasteiger partial charge in [-0.2, -0.15) is 0 Å². The fourth-order valence-corrected chi connectivity index (χ4v) is 1.89. The molecule has 0 aliphatic heterocycles. The van der Waals surface area contributed by atoms with Crippen LogP contribution in [0.3, 0.4) is 0 Å². The van der Waals surface area contributed by atoms with Crippen molar-refractivity contribution in [2.24, 2.45) is 5.73 Å². The summed E-state index contributed by atoms with van der Waals surface area (Å²) in [6.45, 7) is -0.0586. The highest BCUT2D eigenvalue weighted by Gasteiger charge is 2.31. The first-order valence-corrected chi connectivity index (χ1v) is 6.14. The first-order valence-electron chi connectivity index (χ1n) is 6.14. The molecule has 3 amide bonds. The van der Waals surface area contributed by atoms with Crippen molar-refractivity contribution < 1.29 is 24.6 Å². The van der Waals surface area contributed by atoms with Crippen LogP contribution in [0.15, 0.2) is 0 Å². The lowest BCUT2D eigenvalue weighted by molar-refractivity contribution is -0.141. The second-order valence-corrected chi connectivity index (χ2v) is 4.51. The minimum atomic E-state index is -1.34. The number of aliphatic hydroxyl groups excluding tert-OH is 1. The average Bonchev–Trinajstić information content (AvgIpc) is 2.24. The Kier molecular flexibility index (Phi) is 5.56. The molecule has 1 fully saturated rings. The van der Waals surface area contributed by atoms with Gasteiger partial charge >= 0.3 is 12.0 Å². The van der Waals surface area contributed by atoms with Crippen LogP contribution in [0.2, 0.25) is 0 Å². The van der Waals surface area contributed by atoms with Crippen LogP contribution in [0.1, 0.15) is 25.7 Å². The maximum Gasteiger partial charge on any atom is 0.326 e. The Morgan fingerprint density at radius 3 is 2.37 bits per heavy atom. The second kappa shape index (κ2) is 6.93. The molecule has 0 aromatic heterocycles. The number of hydrogen-bond acceptors (Lipinski definition) is 4. The number of nitrogens with one attached hydrogen (secondary N) is 1. The standard InChI is InChI=1S/C11H19N3O5/c12-9(16)6-8(10(17)18)13-11(19)14(4-5-15)7-2-1-3-7/h7-8,15H,1-6H2,(H2,12,16)(H,13,19)(H,17,18). The predicted molar refractivity (Wildman–Crippen MR) is 65.2 cm³/mol. The summed E-state index contributed by atoms with van der Waals surface area (Å²) in [6.07, 6.45) is 2.21. The van der Waals surface area contributed by atoms with Crippen LogP contribution in [0.4, 0.5) is 4.79 Å². The molecule has 1 aliphatic rings. The van der Waals surface area contributed by atoms with Crippen molar-refractivity contribution in [3.05, 3.63) is 0 Å². The smallest absolute Gasteiger partial charge is 0.326 e. The number of hydrogen-bond donors (Lipinski definition) is 4. The molecule has 0 saturated heterocycles. The molecule has 5 N–H and O–H groups in total. The van der Waals surface area contributed by atoms with Gasteiger partial charge < -0.3 is 26.2 Å². The number of urea groups is 1. The van der Waals surface area contributed by atoms with Crippen molar-refractivity contribution in [2.45, 2.75) is 37.8 Å². The van der Waals surface area contributed by atoms with Crippen LogP contribution in [0, 0.1) is 0 Å². The maximum absolute atomic E-state index is 12.0. The summed E-state index contributed by atoms with van der Waals surface area (Å²) < 4.78 is 0. The number of aliphatic hydroxyl groups is 1. The Bertz CT molecular complexity index is 356. The maximum atomic E-state index is 12.0. The van der Waals surface area contributed by atoms with E-state index in [1.165, 1.54) is 4.90 Å². The monoisotopic (exact) mass is 273 g/mol. The number of primary amides is 1. The highest BCUT2D eigenvalue weighted by Crippen LogP contribution is 2.24. The van der Waals surface area contributed by atoms with Gasteiger partial charge in [0.05, 0.1) is 13.0 Å². The number of amides is 3. The molecular weight excluding hydrogens is 254 g/mol. The Hall–Kier alpha value is -1.83. The van der Waals surface area contributed by atoms with Gasteiger partial charge in [-0.25, -0.2) is 9.59 Å². The van der Waals surface area contributed by atoms with Crippen LogP contribution in [0.25, 0.3) is 0 Å². The van der Waals surface area contributed by atoms with Gasteiger partial charge in [-0.15, -0.1) is 0 Å². The molecule has 108 valence electrons. The van der Waals surface area contributed by atoms with E-state index < -0.39 is 30.4 Å². The van der Waals surface area contributed by atoms with Crippen LogP contribution >= 0.6 is 0 Å². The zero-order valence-corrected chi connectivity index (χ0v) is 10.5. The van der Waals surface area contributed by atoms with E-state index in [0.717, 1.165) is 19.3 Å². The van der Waals surface area contributed by atoms with Gasteiger partial charge in [0.2, 0.25) is 5.91 Å². The van der Waals surface area contributed by atoms with Gasteiger partial charge in [0.25, 0.3) is 0 Å². The highest BCUT2D eigenvalue weighted by molar-refractivity contribution is 5.87. The molecule has 0 spiro atoms. The molecular formula is C11H19N3O5. The summed E-state index contributed by atoms with van der Waals surface area (Å²) in [5, 5.41) is 20.1. The average molecular weight is 273 g/mol. The number of rotatable bonds is 7. The molecule has 19 heavy (non-hydrogen) atoms. The van der Waals surface area contributed by atoms with Gasteiger partial charge in [-0.3, -0.25) is 4.79 Å². The van der Waals surface area contributed by atoms with Crippen molar-refractivity contribution in [1.29, 1.82) is 0 Å². The number of carboxylic acids is 1. The van der Waals surface area contributed by atoms with Crippen molar-refractivity contribution in [3.63, 3.8) is 0 Å². The molecule has 8 heteroatoms. The quantitative estimate of drug-likeness (QED) is 0.466. The van der Waals surface area contributed by atoms with E-state index in [1.54, 1.807) is 0 Å². The van der Waals surface area contributed by atoms with E-state index in [0.29, 0.717) is 0 Å². The number of aliphatic carboxylic acids is 1. The summed E-state index contributed by atoms with van der Waals surface area (Å²) in [6, 6.07) is -1.91. The van der Waals surface area contributed by atoms with Gasteiger partial charge in [0, 0.05) is 12.6 Å². The van der Waals surface area contributed by atoms with Crippen molar-refractivity contribution >= 4 is 17.9 Å². The van der Waals surface area contributed by atoms with Crippen molar-refractivity contribution in [2.75, 3.05) is 13.2 Å². The Labute approximate surface area is 110 Å². The van der Waals surface area contributed by atoms with E-state index >= 15 is 0 Å². The third-order valence-corrected chi connectivity index (χ3v) is 3.12. The number of carboxylic acid groups (broad SMARTS) is 1. The van der Waals surface area contributed by atoms with Gasteiger partial charge in [-0.1, -0.05) is 0 Å². The summed E-state index contributed by atoms with van der Waals surface area (Å²) in [7, 11) is 0. The zero-order valence-electron chi connectivity index (χ0n) is 10.5. The number of nitrogens with two attached hydrogens (primary N) is 1. The van der Waals surface area contributed by atoms with E-state index in [-0.39, 0.29) is 19.2 Å². The molecule has 0 aromatic carbocycles. The number of nitrogens with zero attached hydrogens (tertiary/aromatic N) is 1. The van der Waals surface area contributed by atoms with Crippen LogP contribution in [-0.4, -0.2) is 58.3 Å². The Morgan fingerprint density at radius 1 is 1.37 bits per heavy atom. The fraction of sp³-hybridized carbons (Fsp3) is 0.727. The molecule has 1 rings (SSSR count). The van der Waals surface area contributed by atoms with Crippen LogP contribution < -0.4 is 11.1 Å². The van der Waals surface area contributed by atoms with E-state index in [4.69, 9.17) is 15.9 Å². The molecule has 1 unspecified atom stereocenters. The molecule has 1 atom stereocenters. The lowest BCUT2D eigenvalue weighted by Crippen LogP contribution is -2.54. The van der Waals surface area contributed by atoms with Crippen LogP contribution in [-0.2, 0) is 9.59 Å². The molecule has 0 aromatic rings. The molecule has 0 radical (unpaired) electrons. The normalized spacial score (nSPS) is 16.3. The van der Waals surface area contributed by atoms with Crippen molar-refractivity contribution in [3.8, 4) is 0 Å². The second-order valence-electron chi connectivity index (χ2n) is 4.51. The predicted octanol–water partition coefficient (Wildman–Crippen LogP) is -1.13.